The Balaban J connectivity index is 1.85. The molecule has 2 aromatic rings. The number of rotatable bonds is 4. The molecule has 1 heterocycles. The molecule has 1 aromatic carbocycles. The predicted octanol–water partition coefficient (Wildman–Crippen LogP) is 3.23. The molecule has 106 valence electrons. The number of hydrogen-bond donors (Lipinski definition) is 2. The van der Waals surface area contributed by atoms with Crippen molar-refractivity contribution in [3.05, 3.63) is 57.3 Å². The highest BCUT2D eigenvalue weighted by molar-refractivity contribution is 7.11. The number of aliphatic imine (C=N–C) groups is 1. The van der Waals surface area contributed by atoms with Crippen LogP contribution in [0.1, 0.15) is 20.9 Å². The largest absolute Gasteiger partial charge is 0.352 e. The summed E-state index contributed by atoms with van der Waals surface area (Å²) in [5.74, 6) is 0.833. The molecule has 0 saturated heterocycles. The topological polar surface area (TPSA) is 36.4 Å². The van der Waals surface area contributed by atoms with Gasteiger partial charge in [0.15, 0.2) is 5.96 Å². The first-order chi connectivity index (χ1) is 9.69. The van der Waals surface area contributed by atoms with Crippen LogP contribution >= 0.6 is 11.3 Å². The van der Waals surface area contributed by atoms with E-state index in [1.807, 2.05) is 11.3 Å². The second-order valence-electron chi connectivity index (χ2n) is 4.72. The van der Waals surface area contributed by atoms with E-state index in [0.29, 0.717) is 0 Å². The standard InChI is InChI=1S/C16H21N3S/c1-12-6-4-5-7-14(12)10-18-16(17-3)19-11-15-9-8-13(2)20-15/h4-9H,10-11H2,1-3H3,(H2,17,18,19). The van der Waals surface area contributed by atoms with Gasteiger partial charge in [-0.3, -0.25) is 4.99 Å². The Bertz CT molecular complexity index is 587. The van der Waals surface area contributed by atoms with Gasteiger partial charge in [-0.1, -0.05) is 24.3 Å². The van der Waals surface area contributed by atoms with E-state index in [-0.39, 0.29) is 0 Å². The summed E-state index contributed by atoms with van der Waals surface area (Å²) in [5.41, 5.74) is 2.59. The minimum absolute atomic E-state index is 0.788. The number of nitrogens with zero attached hydrogens (tertiary/aromatic N) is 1. The van der Waals surface area contributed by atoms with Crippen molar-refractivity contribution in [2.75, 3.05) is 7.05 Å². The van der Waals surface area contributed by atoms with E-state index in [4.69, 9.17) is 0 Å². The van der Waals surface area contributed by atoms with Gasteiger partial charge < -0.3 is 10.6 Å². The van der Waals surface area contributed by atoms with Crippen molar-refractivity contribution in [1.29, 1.82) is 0 Å². The molecule has 2 rings (SSSR count). The lowest BCUT2D eigenvalue weighted by Crippen LogP contribution is -2.36. The third kappa shape index (κ3) is 4.10. The average molecular weight is 287 g/mol. The fourth-order valence-corrected chi connectivity index (χ4v) is 2.79. The summed E-state index contributed by atoms with van der Waals surface area (Å²) in [4.78, 5) is 6.91. The summed E-state index contributed by atoms with van der Waals surface area (Å²) in [5, 5.41) is 6.69. The van der Waals surface area contributed by atoms with Crippen molar-refractivity contribution in [2.45, 2.75) is 26.9 Å². The number of thiophene rings is 1. The maximum atomic E-state index is 4.25. The van der Waals surface area contributed by atoms with E-state index in [1.165, 1.54) is 20.9 Å². The molecule has 0 radical (unpaired) electrons. The van der Waals surface area contributed by atoms with Gasteiger partial charge >= 0.3 is 0 Å². The van der Waals surface area contributed by atoms with Gasteiger partial charge in [-0.15, -0.1) is 11.3 Å². The summed E-state index contributed by atoms with van der Waals surface area (Å²) in [6.07, 6.45) is 0. The normalized spacial score (nSPS) is 11.4. The molecule has 2 N–H and O–H groups in total. The van der Waals surface area contributed by atoms with Crippen LogP contribution in [0.2, 0.25) is 0 Å². The van der Waals surface area contributed by atoms with Crippen molar-refractivity contribution in [3.8, 4) is 0 Å². The van der Waals surface area contributed by atoms with Crippen LogP contribution in [0.3, 0.4) is 0 Å². The number of hydrogen-bond acceptors (Lipinski definition) is 2. The molecule has 3 nitrogen and oxygen atoms in total. The highest BCUT2D eigenvalue weighted by atomic mass is 32.1. The first-order valence-electron chi connectivity index (χ1n) is 6.73. The summed E-state index contributed by atoms with van der Waals surface area (Å²) in [6.45, 7) is 5.85. The van der Waals surface area contributed by atoms with Gasteiger partial charge in [-0.05, 0) is 37.1 Å². The summed E-state index contributed by atoms with van der Waals surface area (Å²) < 4.78 is 0. The summed E-state index contributed by atoms with van der Waals surface area (Å²) >= 11 is 1.81. The van der Waals surface area contributed by atoms with Gasteiger partial charge in [0.1, 0.15) is 0 Å². The van der Waals surface area contributed by atoms with E-state index >= 15 is 0 Å². The van der Waals surface area contributed by atoms with Crippen LogP contribution in [0.5, 0.6) is 0 Å². The van der Waals surface area contributed by atoms with Crippen LogP contribution in [0, 0.1) is 13.8 Å². The number of guanidine groups is 1. The molecule has 0 unspecified atom stereocenters. The van der Waals surface area contributed by atoms with E-state index in [9.17, 15) is 0 Å². The van der Waals surface area contributed by atoms with E-state index in [0.717, 1.165) is 19.0 Å². The molecule has 0 bridgehead atoms. The molecule has 0 spiro atoms. The van der Waals surface area contributed by atoms with Crippen LogP contribution in [0.25, 0.3) is 0 Å². The number of nitrogens with one attached hydrogen (secondary N) is 2. The maximum absolute atomic E-state index is 4.25. The van der Waals surface area contributed by atoms with Crippen LogP contribution in [-0.2, 0) is 13.1 Å². The van der Waals surface area contributed by atoms with Gasteiger partial charge in [0.2, 0.25) is 0 Å². The van der Waals surface area contributed by atoms with Crippen LogP contribution in [0.15, 0.2) is 41.4 Å². The first kappa shape index (κ1) is 14.6. The lowest BCUT2D eigenvalue weighted by Gasteiger charge is -2.12. The Labute approximate surface area is 124 Å². The Morgan fingerprint density at radius 1 is 1.05 bits per heavy atom. The van der Waals surface area contributed by atoms with Gasteiger partial charge in [-0.2, -0.15) is 0 Å². The fraction of sp³-hybridized carbons (Fsp3) is 0.312. The molecular weight excluding hydrogens is 266 g/mol. The minimum Gasteiger partial charge on any atom is -0.352 e. The van der Waals surface area contributed by atoms with Crippen molar-refractivity contribution < 1.29 is 0 Å². The van der Waals surface area contributed by atoms with Gasteiger partial charge in [0, 0.05) is 23.3 Å². The van der Waals surface area contributed by atoms with Gasteiger partial charge in [-0.25, -0.2) is 0 Å². The zero-order valence-corrected chi connectivity index (χ0v) is 13.1. The van der Waals surface area contributed by atoms with E-state index < -0.39 is 0 Å². The lowest BCUT2D eigenvalue weighted by molar-refractivity contribution is 0.812. The number of benzene rings is 1. The molecule has 0 atom stereocenters. The molecule has 20 heavy (non-hydrogen) atoms. The average Bonchev–Trinajstić information content (AvgIpc) is 2.86. The highest BCUT2D eigenvalue weighted by Crippen LogP contribution is 2.14. The molecule has 0 saturated carbocycles. The van der Waals surface area contributed by atoms with Crippen molar-refractivity contribution in [2.24, 2.45) is 4.99 Å². The van der Waals surface area contributed by atoms with E-state index in [2.05, 4.69) is 65.9 Å². The summed E-state index contributed by atoms with van der Waals surface area (Å²) in [7, 11) is 1.80. The molecule has 4 heteroatoms. The summed E-state index contributed by atoms with van der Waals surface area (Å²) in [6, 6.07) is 12.7. The second-order valence-corrected chi connectivity index (χ2v) is 6.09. The SMILES string of the molecule is CN=C(NCc1ccc(C)s1)NCc1ccccc1C. The quantitative estimate of drug-likeness (QED) is 0.669. The zero-order valence-electron chi connectivity index (χ0n) is 12.2. The molecule has 0 amide bonds. The molecular formula is C16H21N3S. The smallest absolute Gasteiger partial charge is 0.191 e. The van der Waals surface area contributed by atoms with Crippen molar-refractivity contribution in [3.63, 3.8) is 0 Å². The third-order valence-corrected chi connectivity index (χ3v) is 4.16. The van der Waals surface area contributed by atoms with Gasteiger partial charge in [0.25, 0.3) is 0 Å². The van der Waals surface area contributed by atoms with Crippen molar-refractivity contribution >= 4 is 17.3 Å². The molecule has 0 aliphatic carbocycles. The van der Waals surface area contributed by atoms with Crippen LogP contribution in [-0.4, -0.2) is 13.0 Å². The molecule has 0 aliphatic heterocycles. The Morgan fingerprint density at radius 2 is 1.80 bits per heavy atom. The monoisotopic (exact) mass is 287 g/mol. The van der Waals surface area contributed by atoms with Crippen LogP contribution in [0.4, 0.5) is 0 Å². The molecule has 1 aromatic heterocycles. The van der Waals surface area contributed by atoms with Crippen molar-refractivity contribution in [1.82, 2.24) is 10.6 Å². The fourth-order valence-electron chi connectivity index (χ4n) is 1.96. The Morgan fingerprint density at radius 3 is 2.45 bits per heavy atom. The molecule has 0 fully saturated rings. The Kier molecular flexibility index (Phi) is 5.18. The Hall–Kier alpha value is -1.81. The zero-order chi connectivity index (χ0) is 14.4. The highest BCUT2D eigenvalue weighted by Gasteiger charge is 2.02. The lowest BCUT2D eigenvalue weighted by atomic mass is 10.1. The van der Waals surface area contributed by atoms with Crippen LogP contribution < -0.4 is 10.6 Å². The maximum Gasteiger partial charge on any atom is 0.191 e. The minimum atomic E-state index is 0.788. The first-order valence-corrected chi connectivity index (χ1v) is 7.55. The second kappa shape index (κ2) is 7.10. The third-order valence-electron chi connectivity index (χ3n) is 3.16. The molecule has 0 aliphatic rings. The van der Waals surface area contributed by atoms with E-state index in [1.54, 1.807) is 7.05 Å². The predicted molar refractivity (Wildman–Crippen MR) is 87.3 cm³/mol. The number of aryl methyl sites for hydroxylation is 2. The van der Waals surface area contributed by atoms with Gasteiger partial charge in [0.05, 0.1) is 6.54 Å².